The van der Waals surface area contributed by atoms with E-state index < -0.39 is 0 Å². The van der Waals surface area contributed by atoms with Crippen molar-refractivity contribution in [3.8, 4) is 0 Å². The summed E-state index contributed by atoms with van der Waals surface area (Å²) in [7, 11) is 0. The monoisotopic (exact) mass is 233 g/mol. The van der Waals surface area contributed by atoms with Crippen molar-refractivity contribution in [2.24, 2.45) is 0 Å². The summed E-state index contributed by atoms with van der Waals surface area (Å²) >= 11 is 0. The minimum absolute atomic E-state index is 0.636. The molecule has 1 aromatic rings. The number of oxazole rings is 1. The van der Waals surface area contributed by atoms with E-state index in [1.54, 1.807) is 6.26 Å². The molecule has 0 unspecified atom stereocenters. The summed E-state index contributed by atoms with van der Waals surface area (Å²) in [5, 5.41) is 3.41. The molecule has 4 nitrogen and oxygen atoms in total. The van der Waals surface area contributed by atoms with Crippen molar-refractivity contribution in [1.82, 2.24) is 10.3 Å². The normalized spacial score (nSPS) is 14.6. The molecule has 4 heteroatoms. The van der Waals surface area contributed by atoms with E-state index in [1.807, 2.05) is 17.1 Å². The molecule has 1 fully saturated rings. The summed E-state index contributed by atoms with van der Waals surface area (Å²) in [6.07, 6.45) is 7.93. The van der Waals surface area contributed by atoms with Gasteiger partial charge in [-0.15, -0.1) is 13.2 Å². The highest BCUT2D eigenvalue weighted by Gasteiger charge is 2.20. The topological polar surface area (TPSA) is 41.3 Å². The standard InChI is InChI=1S/C13H19N3O/c1-3-7-16(8-4-2)13-15-12(10-17-13)9-14-11-5-6-11/h3-4,10-11,14H,1-2,5-9H2. The van der Waals surface area contributed by atoms with Gasteiger partial charge in [0.2, 0.25) is 0 Å². The van der Waals surface area contributed by atoms with Crippen LogP contribution in [-0.2, 0) is 6.54 Å². The molecule has 1 N–H and O–H groups in total. The van der Waals surface area contributed by atoms with Gasteiger partial charge in [0.25, 0.3) is 6.01 Å². The van der Waals surface area contributed by atoms with E-state index in [2.05, 4.69) is 23.5 Å². The number of aromatic nitrogens is 1. The van der Waals surface area contributed by atoms with Gasteiger partial charge in [0.05, 0.1) is 5.69 Å². The number of anilines is 1. The van der Waals surface area contributed by atoms with E-state index in [-0.39, 0.29) is 0 Å². The predicted molar refractivity (Wildman–Crippen MR) is 69.0 cm³/mol. The summed E-state index contributed by atoms with van der Waals surface area (Å²) < 4.78 is 5.46. The second kappa shape index (κ2) is 5.68. The summed E-state index contributed by atoms with van der Waals surface area (Å²) in [5.41, 5.74) is 0.949. The average Bonchev–Trinajstić information content (AvgIpc) is 3.04. The van der Waals surface area contributed by atoms with Crippen molar-refractivity contribution >= 4 is 6.01 Å². The minimum atomic E-state index is 0.636. The van der Waals surface area contributed by atoms with Crippen molar-refractivity contribution in [2.45, 2.75) is 25.4 Å². The molecule has 1 aromatic heterocycles. The maximum atomic E-state index is 5.46. The fourth-order valence-electron chi connectivity index (χ4n) is 1.60. The molecule has 0 aliphatic heterocycles. The van der Waals surface area contributed by atoms with Crippen LogP contribution in [0.2, 0.25) is 0 Å². The van der Waals surface area contributed by atoms with Crippen LogP contribution in [0.15, 0.2) is 36.0 Å². The molecule has 0 bridgehead atoms. The van der Waals surface area contributed by atoms with E-state index in [1.165, 1.54) is 12.8 Å². The lowest BCUT2D eigenvalue weighted by Crippen LogP contribution is -2.23. The number of nitrogens with one attached hydrogen (secondary N) is 1. The van der Waals surface area contributed by atoms with Crippen LogP contribution in [0.25, 0.3) is 0 Å². The van der Waals surface area contributed by atoms with Gasteiger partial charge >= 0.3 is 0 Å². The van der Waals surface area contributed by atoms with E-state index in [4.69, 9.17) is 4.42 Å². The largest absolute Gasteiger partial charge is 0.432 e. The lowest BCUT2D eigenvalue weighted by atomic mass is 10.4. The zero-order valence-corrected chi connectivity index (χ0v) is 10.1. The fourth-order valence-corrected chi connectivity index (χ4v) is 1.60. The molecule has 0 spiro atoms. The Morgan fingerprint density at radius 1 is 1.41 bits per heavy atom. The third kappa shape index (κ3) is 3.46. The van der Waals surface area contributed by atoms with Gasteiger partial charge < -0.3 is 14.6 Å². The van der Waals surface area contributed by atoms with Crippen molar-refractivity contribution in [2.75, 3.05) is 18.0 Å². The molecular weight excluding hydrogens is 214 g/mol. The van der Waals surface area contributed by atoms with Crippen LogP contribution in [0.5, 0.6) is 0 Å². The summed E-state index contributed by atoms with van der Waals surface area (Å²) in [6.45, 7) is 9.65. The third-order valence-electron chi connectivity index (χ3n) is 2.66. The van der Waals surface area contributed by atoms with Crippen LogP contribution < -0.4 is 10.2 Å². The van der Waals surface area contributed by atoms with E-state index in [0.717, 1.165) is 12.2 Å². The van der Waals surface area contributed by atoms with Crippen LogP contribution in [0.1, 0.15) is 18.5 Å². The van der Waals surface area contributed by atoms with Crippen LogP contribution >= 0.6 is 0 Å². The van der Waals surface area contributed by atoms with Gasteiger partial charge in [0.15, 0.2) is 0 Å². The maximum absolute atomic E-state index is 5.46. The molecule has 0 atom stereocenters. The molecule has 1 aliphatic rings. The molecule has 0 saturated heterocycles. The molecule has 2 rings (SSSR count). The Kier molecular flexibility index (Phi) is 3.98. The number of rotatable bonds is 8. The summed E-state index contributed by atoms with van der Waals surface area (Å²) in [6, 6.07) is 1.32. The molecule has 1 heterocycles. The first kappa shape index (κ1) is 11.9. The van der Waals surface area contributed by atoms with Gasteiger partial charge in [-0.2, -0.15) is 4.98 Å². The quantitative estimate of drug-likeness (QED) is 0.698. The number of hydrogen-bond donors (Lipinski definition) is 1. The summed E-state index contributed by atoms with van der Waals surface area (Å²) in [5.74, 6) is 0. The van der Waals surface area contributed by atoms with Crippen molar-refractivity contribution in [3.05, 3.63) is 37.3 Å². The minimum Gasteiger partial charge on any atom is -0.432 e. The molecule has 1 aliphatic carbocycles. The first-order valence-electron chi connectivity index (χ1n) is 5.98. The average molecular weight is 233 g/mol. The van der Waals surface area contributed by atoms with E-state index in [0.29, 0.717) is 25.1 Å². The molecule has 0 aromatic carbocycles. The molecule has 17 heavy (non-hydrogen) atoms. The van der Waals surface area contributed by atoms with Crippen molar-refractivity contribution in [1.29, 1.82) is 0 Å². The van der Waals surface area contributed by atoms with Gasteiger partial charge in [0.1, 0.15) is 6.26 Å². The second-order valence-electron chi connectivity index (χ2n) is 4.26. The lowest BCUT2D eigenvalue weighted by molar-refractivity contribution is 0.544. The molecule has 0 amide bonds. The Hall–Kier alpha value is -1.55. The van der Waals surface area contributed by atoms with Gasteiger partial charge in [-0.05, 0) is 12.8 Å². The summed E-state index contributed by atoms with van der Waals surface area (Å²) in [4.78, 5) is 6.44. The lowest BCUT2D eigenvalue weighted by Gasteiger charge is -2.15. The Labute approximate surface area is 102 Å². The van der Waals surface area contributed by atoms with Crippen molar-refractivity contribution in [3.63, 3.8) is 0 Å². The first-order valence-corrected chi connectivity index (χ1v) is 5.98. The van der Waals surface area contributed by atoms with Crippen LogP contribution in [0.3, 0.4) is 0 Å². The Morgan fingerprint density at radius 3 is 2.71 bits per heavy atom. The van der Waals surface area contributed by atoms with Gasteiger partial charge in [-0.25, -0.2) is 0 Å². The zero-order valence-electron chi connectivity index (χ0n) is 10.1. The SMILES string of the molecule is C=CCN(CC=C)c1nc(CNC2CC2)co1. The number of hydrogen-bond acceptors (Lipinski definition) is 4. The second-order valence-corrected chi connectivity index (χ2v) is 4.26. The maximum Gasteiger partial charge on any atom is 0.298 e. The van der Waals surface area contributed by atoms with E-state index in [9.17, 15) is 0 Å². The third-order valence-corrected chi connectivity index (χ3v) is 2.66. The Balaban J connectivity index is 1.93. The fraction of sp³-hybridized carbons (Fsp3) is 0.462. The van der Waals surface area contributed by atoms with Crippen LogP contribution in [0, 0.1) is 0 Å². The highest BCUT2D eigenvalue weighted by atomic mass is 16.4. The van der Waals surface area contributed by atoms with Gasteiger partial charge in [-0.3, -0.25) is 0 Å². The molecular formula is C13H19N3O. The highest BCUT2D eigenvalue weighted by Crippen LogP contribution is 2.20. The Morgan fingerprint density at radius 2 is 2.12 bits per heavy atom. The van der Waals surface area contributed by atoms with Gasteiger partial charge in [-0.1, -0.05) is 12.2 Å². The van der Waals surface area contributed by atoms with Gasteiger partial charge in [0, 0.05) is 25.7 Å². The molecule has 92 valence electrons. The smallest absolute Gasteiger partial charge is 0.298 e. The first-order chi connectivity index (χ1) is 8.33. The van der Waals surface area contributed by atoms with E-state index >= 15 is 0 Å². The van der Waals surface area contributed by atoms with Crippen LogP contribution in [-0.4, -0.2) is 24.1 Å². The zero-order chi connectivity index (χ0) is 12.1. The number of nitrogens with zero attached hydrogens (tertiary/aromatic N) is 2. The van der Waals surface area contributed by atoms with Crippen LogP contribution in [0.4, 0.5) is 6.01 Å². The predicted octanol–water partition coefficient (Wildman–Crippen LogP) is 2.10. The molecule has 1 saturated carbocycles. The Bertz CT molecular complexity index is 372. The molecule has 0 radical (unpaired) electrons. The van der Waals surface area contributed by atoms with Crippen molar-refractivity contribution < 1.29 is 4.42 Å². The highest BCUT2D eigenvalue weighted by molar-refractivity contribution is 5.29.